The Kier molecular flexibility index (Phi) is 6.28. The first-order valence-electron chi connectivity index (χ1n) is 3.65. The first-order valence-corrected chi connectivity index (χ1v) is 3.65. The molecule has 1 amide bonds. The van der Waals surface area contributed by atoms with Gasteiger partial charge in [-0.3, -0.25) is 4.79 Å². The molecule has 3 heteroatoms. The summed E-state index contributed by atoms with van der Waals surface area (Å²) in [7, 11) is 0. The number of unbranched alkanes of at least 4 members (excludes halogenated alkanes) is 2. The number of carbonyl (C=O) groups excluding carboxylic acids is 2. The van der Waals surface area contributed by atoms with E-state index in [0.29, 0.717) is 13.0 Å². The standard InChI is InChI=1S/C8H13NO2/c1-2-8(11)9-6-4-3-5-7-10/h2,7H,1,3-6H2,(H,9,11). The number of nitrogens with one attached hydrogen (secondary N) is 1. The molecule has 0 spiro atoms. The van der Waals surface area contributed by atoms with E-state index in [0.717, 1.165) is 19.1 Å². The molecule has 0 aromatic carbocycles. The maximum absolute atomic E-state index is 10.5. The van der Waals surface area contributed by atoms with Gasteiger partial charge in [0.1, 0.15) is 6.29 Å². The lowest BCUT2D eigenvalue weighted by Crippen LogP contribution is -2.21. The highest BCUT2D eigenvalue weighted by Crippen LogP contribution is 1.89. The van der Waals surface area contributed by atoms with Gasteiger partial charge in [0.2, 0.25) is 5.91 Å². The van der Waals surface area contributed by atoms with Crippen molar-refractivity contribution in [3.8, 4) is 0 Å². The van der Waals surface area contributed by atoms with Crippen molar-refractivity contribution in [3.05, 3.63) is 12.7 Å². The van der Waals surface area contributed by atoms with Crippen molar-refractivity contribution in [3.63, 3.8) is 0 Å². The third kappa shape index (κ3) is 6.77. The Bertz CT molecular complexity index is 143. The summed E-state index contributed by atoms with van der Waals surface area (Å²) < 4.78 is 0. The zero-order chi connectivity index (χ0) is 8.53. The zero-order valence-corrected chi connectivity index (χ0v) is 6.51. The van der Waals surface area contributed by atoms with E-state index >= 15 is 0 Å². The minimum atomic E-state index is -0.156. The molecule has 0 aliphatic heterocycles. The molecule has 0 saturated carbocycles. The third-order valence-corrected chi connectivity index (χ3v) is 1.23. The van der Waals surface area contributed by atoms with Crippen LogP contribution in [-0.4, -0.2) is 18.7 Å². The van der Waals surface area contributed by atoms with Gasteiger partial charge in [-0.2, -0.15) is 0 Å². The molecule has 0 atom stereocenters. The minimum absolute atomic E-state index is 0.156. The monoisotopic (exact) mass is 155 g/mol. The molecule has 62 valence electrons. The molecule has 0 radical (unpaired) electrons. The van der Waals surface area contributed by atoms with Crippen molar-refractivity contribution in [1.29, 1.82) is 0 Å². The summed E-state index contributed by atoms with van der Waals surface area (Å²) in [5.74, 6) is -0.156. The van der Waals surface area contributed by atoms with Crippen LogP contribution in [0.25, 0.3) is 0 Å². The Morgan fingerprint density at radius 3 is 2.73 bits per heavy atom. The van der Waals surface area contributed by atoms with Crippen LogP contribution in [0.3, 0.4) is 0 Å². The van der Waals surface area contributed by atoms with Crippen LogP contribution in [0.4, 0.5) is 0 Å². The van der Waals surface area contributed by atoms with Crippen molar-refractivity contribution >= 4 is 12.2 Å². The Balaban J connectivity index is 3.07. The number of carbonyl (C=O) groups is 2. The number of hydrogen-bond donors (Lipinski definition) is 1. The summed E-state index contributed by atoms with van der Waals surface area (Å²) in [4.78, 5) is 20.4. The van der Waals surface area contributed by atoms with E-state index in [1.165, 1.54) is 6.08 Å². The van der Waals surface area contributed by atoms with E-state index in [-0.39, 0.29) is 5.91 Å². The molecule has 0 rings (SSSR count). The van der Waals surface area contributed by atoms with Crippen molar-refractivity contribution in [2.45, 2.75) is 19.3 Å². The summed E-state index contributed by atoms with van der Waals surface area (Å²) in [5.41, 5.74) is 0. The predicted molar refractivity (Wildman–Crippen MR) is 43.1 cm³/mol. The molecule has 3 nitrogen and oxygen atoms in total. The van der Waals surface area contributed by atoms with Gasteiger partial charge in [-0.25, -0.2) is 0 Å². The lowest BCUT2D eigenvalue weighted by molar-refractivity contribution is -0.116. The Morgan fingerprint density at radius 1 is 1.45 bits per heavy atom. The lowest BCUT2D eigenvalue weighted by atomic mass is 10.2. The summed E-state index contributed by atoms with van der Waals surface area (Å²) >= 11 is 0. The third-order valence-electron chi connectivity index (χ3n) is 1.23. The fourth-order valence-corrected chi connectivity index (χ4v) is 0.636. The minimum Gasteiger partial charge on any atom is -0.353 e. The highest BCUT2D eigenvalue weighted by Gasteiger charge is 1.91. The van der Waals surface area contributed by atoms with Crippen LogP contribution in [0.2, 0.25) is 0 Å². The van der Waals surface area contributed by atoms with E-state index in [4.69, 9.17) is 0 Å². The highest BCUT2D eigenvalue weighted by atomic mass is 16.1. The molecule has 0 unspecified atom stereocenters. The number of rotatable bonds is 6. The molecule has 0 bridgehead atoms. The molecule has 0 fully saturated rings. The molecule has 0 heterocycles. The van der Waals surface area contributed by atoms with Gasteiger partial charge in [0.25, 0.3) is 0 Å². The van der Waals surface area contributed by atoms with Gasteiger partial charge in [-0.1, -0.05) is 6.58 Å². The fourth-order valence-electron chi connectivity index (χ4n) is 0.636. The van der Waals surface area contributed by atoms with E-state index in [9.17, 15) is 9.59 Å². The van der Waals surface area contributed by atoms with Gasteiger partial charge in [-0.05, 0) is 18.9 Å². The summed E-state index contributed by atoms with van der Waals surface area (Å²) in [6.07, 6.45) is 4.37. The van der Waals surface area contributed by atoms with Gasteiger partial charge in [0.15, 0.2) is 0 Å². The van der Waals surface area contributed by atoms with Crippen LogP contribution in [0.1, 0.15) is 19.3 Å². The van der Waals surface area contributed by atoms with Crippen LogP contribution in [0, 0.1) is 0 Å². The molecule has 0 aliphatic carbocycles. The van der Waals surface area contributed by atoms with Gasteiger partial charge >= 0.3 is 0 Å². The van der Waals surface area contributed by atoms with Gasteiger partial charge in [0.05, 0.1) is 0 Å². The Hall–Kier alpha value is -1.12. The Labute approximate surface area is 66.5 Å². The second-order valence-corrected chi connectivity index (χ2v) is 2.16. The van der Waals surface area contributed by atoms with Crippen molar-refractivity contribution in [2.75, 3.05) is 6.54 Å². The van der Waals surface area contributed by atoms with Crippen molar-refractivity contribution in [1.82, 2.24) is 5.32 Å². The first kappa shape index (κ1) is 9.88. The number of aldehydes is 1. The SMILES string of the molecule is C=CC(=O)NCCCCC=O. The maximum Gasteiger partial charge on any atom is 0.243 e. The molecule has 0 aromatic rings. The fraction of sp³-hybridized carbons (Fsp3) is 0.500. The molecule has 0 aromatic heterocycles. The van der Waals surface area contributed by atoms with Crippen LogP contribution in [-0.2, 0) is 9.59 Å². The molecular formula is C8H13NO2. The first-order chi connectivity index (χ1) is 5.31. The highest BCUT2D eigenvalue weighted by molar-refractivity contribution is 5.86. The summed E-state index contributed by atoms with van der Waals surface area (Å²) in [5, 5.41) is 2.62. The van der Waals surface area contributed by atoms with E-state index in [1.807, 2.05) is 0 Å². The molecular weight excluding hydrogens is 142 g/mol. The number of hydrogen-bond acceptors (Lipinski definition) is 2. The quantitative estimate of drug-likeness (QED) is 0.348. The molecule has 0 aliphatic rings. The zero-order valence-electron chi connectivity index (χ0n) is 6.51. The molecule has 11 heavy (non-hydrogen) atoms. The van der Waals surface area contributed by atoms with Crippen molar-refractivity contribution < 1.29 is 9.59 Å². The maximum atomic E-state index is 10.5. The van der Waals surface area contributed by atoms with Crippen molar-refractivity contribution in [2.24, 2.45) is 0 Å². The predicted octanol–water partition coefficient (Wildman–Crippen LogP) is 0.658. The summed E-state index contributed by atoms with van der Waals surface area (Å²) in [6, 6.07) is 0. The second kappa shape index (κ2) is 6.99. The van der Waals surface area contributed by atoms with E-state index in [1.54, 1.807) is 0 Å². The van der Waals surface area contributed by atoms with Gasteiger partial charge in [-0.15, -0.1) is 0 Å². The van der Waals surface area contributed by atoms with E-state index in [2.05, 4.69) is 11.9 Å². The van der Waals surface area contributed by atoms with Gasteiger partial charge in [0, 0.05) is 13.0 Å². The van der Waals surface area contributed by atoms with Crippen LogP contribution < -0.4 is 5.32 Å². The lowest BCUT2D eigenvalue weighted by Gasteiger charge is -1.98. The van der Waals surface area contributed by atoms with Gasteiger partial charge < -0.3 is 10.1 Å². The van der Waals surface area contributed by atoms with E-state index < -0.39 is 0 Å². The Morgan fingerprint density at radius 2 is 2.18 bits per heavy atom. The number of amides is 1. The average molecular weight is 155 g/mol. The van der Waals surface area contributed by atoms with Crippen LogP contribution in [0.5, 0.6) is 0 Å². The smallest absolute Gasteiger partial charge is 0.243 e. The molecule has 0 saturated heterocycles. The largest absolute Gasteiger partial charge is 0.353 e. The normalized spacial score (nSPS) is 8.73. The van der Waals surface area contributed by atoms with Crippen LogP contribution >= 0.6 is 0 Å². The average Bonchev–Trinajstić information content (AvgIpc) is 2.04. The summed E-state index contributed by atoms with van der Waals surface area (Å²) in [6.45, 7) is 3.93. The molecule has 1 N–H and O–H groups in total. The van der Waals surface area contributed by atoms with Crippen LogP contribution in [0.15, 0.2) is 12.7 Å². The second-order valence-electron chi connectivity index (χ2n) is 2.16. The topological polar surface area (TPSA) is 46.2 Å².